The molecule has 0 bridgehead atoms. The van der Waals surface area contributed by atoms with Crippen LogP contribution < -0.4 is 0 Å². The summed E-state index contributed by atoms with van der Waals surface area (Å²) < 4.78 is 0.840. The van der Waals surface area contributed by atoms with E-state index in [0.717, 1.165) is 20.4 Å². The molecule has 0 atom stereocenters. The first-order valence-corrected chi connectivity index (χ1v) is 6.31. The number of pyridine rings is 1. The Morgan fingerprint density at radius 3 is 2.56 bits per heavy atom. The van der Waals surface area contributed by atoms with Gasteiger partial charge in [0.05, 0.1) is 15.0 Å². The summed E-state index contributed by atoms with van der Waals surface area (Å²) in [5.41, 5.74) is 2.32. The van der Waals surface area contributed by atoms with Crippen LogP contribution in [0.4, 0.5) is 0 Å². The fourth-order valence-corrected chi connectivity index (χ4v) is 2.12. The van der Waals surface area contributed by atoms with Gasteiger partial charge in [0.2, 0.25) is 0 Å². The lowest BCUT2D eigenvalue weighted by atomic mass is 9.86. The second-order valence-corrected chi connectivity index (χ2v) is 6.13. The van der Waals surface area contributed by atoms with Crippen molar-refractivity contribution in [1.29, 1.82) is 0 Å². The lowest BCUT2D eigenvalue weighted by Gasteiger charge is -2.19. The maximum absolute atomic E-state index is 6.26. The van der Waals surface area contributed by atoms with E-state index in [0.29, 0.717) is 0 Å². The Morgan fingerprint density at radius 2 is 1.94 bits per heavy atom. The van der Waals surface area contributed by atoms with Crippen molar-refractivity contribution in [3.05, 3.63) is 39.5 Å². The van der Waals surface area contributed by atoms with Gasteiger partial charge in [-0.25, -0.2) is 0 Å². The van der Waals surface area contributed by atoms with E-state index in [-0.39, 0.29) is 5.41 Å². The van der Waals surface area contributed by atoms with Gasteiger partial charge in [0, 0.05) is 11.6 Å². The van der Waals surface area contributed by atoms with Gasteiger partial charge in [0.1, 0.15) is 0 Å². The van der Waals surface area contributed by atoms with Crippen LogP contribution in [0.25, 0.3) is 10.9 Å². The zero-order valence-corrected chi connectivity index (χ0v) is 11.9. The molecule has 0 fully saturated rings. The summed E-state index contributed by atoms with van der Waals surface area (Å²) in [6, 6.07) is 6.25. The van der Waals surface area contributed by atoms with Crippen LogP contribution in [0, 0.1) is 0 Å². The minimum absolute atomic E-state index is 0.125. The highest BCUT2D eigenvalue weighted by Gasteiger charge is 2.15. The number of hydrogen-bond donors (Lipinski definition) is 0. The third-order valence-corrected chi connectivity index (χ3v) is 3.86. The minimum Gasteiger partial charge on any atom is -0.255 e. The van der Waals surface area contributed by atoms with Gasteiger partial charge < -0.3 is 0 Å². The van der Waals surface area contributed by atoms with Gasteiger partial charge in [-0.2, -0.15) is 0 Å². The summed E-state index contributed by atoms with van der Waals surface area (Å²) in [5.74, 6) is 0. The molecule has 0 N–H and O–H groups in total. The lowest BCUT2D eigenvalue weighted by molar-refractivity contribution is 0.591. The van der Waals surface area contributed by atoms with Gasteiger partial charge in [-0.05, 0) is 39.0 Å². The van der Waals surface area contributed by atoms with Crippen molar-refractivity contribution in [3.8, 4) is 0 Å². The normalized spacial score (nSPS) is 12.1. The Kier molecular flexibility index (Phi) is 2.97. The van der Waals surface area contributed by atoms with Crippen LogP contribution in [-0.4, -0.2) is 4.98 Å². The third-order valence-electron chi connectivity index (χ3n) is 2.63. The van der Waals surface area contributed by atoms with E-state index < -0.39 is 0 Å². The first kappa shape index (κ1) is 11.9. The average Bonchev–Trinajstić information content (AvgIpc) is 2.22. The van der Waals surface area contributed by atoms with Crippen LogP contribution in [0.3, 0.4) is 0 Å². The zero-order chi connectivity index (χ0) is 11.9. The van der Waals surface area contributed by atoms with Gasteiger partial charge in [0.15, 0.2) is 0 Å². The molecule has 0 aliphatic carbocycles. The van der Waals surface area contributed by atoms with Crippen LogP contribution in [0.2, 0.25) is 5.02 Å². The molecule has 1 nitrogen and oxygen atoms in total. The molecule has 3 heteroatoms. The summed E-state index contributed by atoms with van der Waals surface area (Å²) in [6.45, 7) is 6.56. The molecule has 0 saturated heterocycles. The smallest absolute Gasteiger partial charge is 0.0718 e. The molecule has 1 aromatic heterocycles. The van der Waals surface area contributed by atoms with Crippen molar-refractivity contribution in [2.75, 3.05) is 0 Å². The lowest BCUT2D eigenvalue weighted by Crippen LogP contribution is -2.10. The molecule has 0 aliphatic heterocycles. The molecule has 2 aromatic rings. The van der Waals surface area contributed by atoms with E-state index in [1.54, 1.807) is 6.20 Å². The Hall–Kier alpha value is -0.600. The number of fused-ring (bicyclic) bond motifs is 1. The maximum Gasteiger partial charge on any atom is 0.0718 e. The first-order valence-electron chi connectivity index (χ1n) is 5.14. The fraction of sp³-hybridized carbons (Fsp3) is 0.308. The number of nitrogens with zero attached hydrogens (tertiary/aromatic N) is 1. The van der Waals surface area contributed by atoms with Crippen molar-refractivity contribution < 1.29 is 0 Å². The summed E-state index contributed by atoms with van der Waals surface area (Å²) in [7, 11) is 0. The van der Waals surface area contributed by atoms with Crippen molar-refractivity contribution in [2.24, 2.45) is 0 Å². The topological polar surface area (TPSA) is 12.9 Å². The summed E-state index contributed by atoms with van der Waals surface area (Å²) in [6.07, 6.45) is 1.74. The van der Waals surface area contributed by atoms with Gasteiger partial charge in [-0.1, -0.05) is 38.4 Å². The molecule has 16 heavy (non-hydrogen) atoms. The van der Waals surface area contributed by atoms with E-state index in [4.69, 9.17) is 11.6 Å². The molecule has 0 radical (unpaired) electrons. The largest absolute Gasteiger partial charge is 0.255 e. The number of rotatable bonds is 0. The summed E-state index contributed by atoms with van der Waals surface area (Å²) in [5, 5.41) is 1.74. The Labute approximate surface area is 109 Å². The van der Waals surface area contributed by atoms with Crippen LogP contribution in [0.15, 0.2) is 28.9 Å². The molecule has 0 saturated carbocycles. The van der Waals surface area contributed by atoms with Crippen LogP contribution in [0.5, 0.6) is 0 Å². The predicted octanol–water partition coefficient (Wildman–Crippen LogP) is 4.95. The fourth-order valence-electron chi connectivity index (χ4n) is 1.60. The highest BCUT2D eigenvalue weighted by Crippen LogP contribution is 2.32. The van der Waals surface area contributed by atoms with Crippen LogP contribution >= 0.6 is 27.5 Å². The quantitative estimate of drug-likeness (QED) is 0.670. The number of benzene rings is 1. The SMILES string of the molecule is CC(C)(C)c1ccc2ncc(Br)c(Cl)c2c1. The zero-order valence-electron chi connectivity index (χ0n) is 9.51. The van der Waals surface area contributed by atoms with Crippen molar-refractivity contribution in [2.45, 2.75) is 26.2 Å². The molecular weight excluding hydrogens is 286 g/mol. The van der Waals surface area contributed by atoms with Crippen molar-refractivity contribution >= 4 is 38.4 Å². The third kappa shape index (κ3) is 2.09. The predicted molar refractivity (Wildman–Crippen MR) is 73.2 cm³/mol. The molecular formula is C13H13BrClN. The average molecular weight is 299 g/mol. The minimum atomic E-state index is 0.125. The Morgan fingerprint density at radius 1 is 1.25 bits per heavy atom. The van der Waals surface area contributed by atoms with E-state index in [9.17, 15) is 0 Å². The van der Waals surface area contributed by atoms with E-state index in [2.05, 4.69) is 53.8 Å². The summed E-state index contributed by atoms with van der Waals surface area (Å²) in [4.78, 5) is 4.33. The Bertz CT molecular complexity index is 543. The maximum atomic E-state index is 6.26. The van der Waals surface area contributed by atoms with E-state index >= 15 is 0 Å². The highest BCUT2D eigenvalue weighted by atomic mass is 79.9. The van der Waals surface area contributed by atoms with Gasteiger partial charge in [0.25, 0.3) is 0 Å². The summed E-state index contributed by atoms with van der Waals surface area (Å²) >= 11 is 9.66. The number of hydrogen-bond acceptors (Lipinski definition) is 1. The van der Waals surface area contributed by atoms with Crippen LogP contribution in [0.1, 0.15) is 26.3 Å². The van der Waals surface area contributed by atoms with Crippen LogP contribution in [-0.2, 0) is 5.41 Å². The molecule has 0 spiro atoms. The van der Waals surface area contributed by atoms with E-state index in [1.165, 1.54) is 5.56 Å². The molecule has 1 heterocycles. The molecule has 0 aliphatic rings. The number of halogens is 2. The number of aromatic nitrogens is 1. The Balaban J connectivity index is 2.74. The van der Waals surface area contributed by atoms with E-state index in [1.807, 2.05) is 6.07 Å². The second-order valence-electron chi connectivity index (χ2n) is 4.90. The molecule has 0 unspecified atom stereocenters. The van der Waals surface area contributed by atoms with Gasteiger partial charge >= 0.3 is 0 Å². The highest BCUT2D eigenvalue weighted by molar-refractivity contribution is 9.10. The molecule has 1 aromatic carbocycles. The molecule has 0 amide bonds. The first-order chi connectivity index (χ1) is 7.39. The van der Waals surface area contributed by atoms with Crippen molar-refractivity contribution in [3.63, 3.8) is 0 Å². The standard InChI is InChI=1S/C13H13BrClN/c1-13(2,3)8-4-5-11-9(6-8)12(15)10(14)7-16-11/h4-7H,1-3H3. The monoisotopic (exact) mass is 297 g/mol. The second kappa shape index (κ2) is 4.01. The van der Waals surface area contributed by atoms with Gasteiger partial charge in [-0.3, -0.25) is 4.98 Å². The molecule has 84 valence electrons. The van der Waals surface area contributed by atoms with Crippen molar-refractivity contribution in [1.82, 2.24) is 4.98 Å². The van der Waals surface area contributed by atoms with Gasteiger partial charge in [-0.15, -0.1) is 0 Å². The molecule has 2 rings (SSSR count).